The topological polar surface area (TPSA) is 93.3 Å². The number of amides is 2. The molecule has 2 amide bonds. The molecule has 0 saturated carbocycles. The van der Waals surface area contributed by atoms with E-state index in [0.29, 0.717) is 17.4 Å². The van der Waals surface area contributed by atoms with Gasteiger partial charge in [-0.2, -0.15) is 13.2 Å². The van der Waals surface area contributed by atoms with Gasteiger partial charge in [-0.1, -0.05) is 11.6 Å². The van der Waals surface area contributed by atoms with E-state index in [-0.39, 0.29) is 10.7 Å². The second kappa shape index (κ2) is 7.72. The summed E-state index contributed by atoms with van der Waals surface area (Å²) in [5.41, 5.74) is -0.289. The van der Waals surface area contributed by atoms with E-state index in [1.807, 2.05) is 0 Å². The molecule has 3 N–H and O–H groups in total. The summed E-state index contributed by atoms with van der Waals surface area (Å²) in [6.45, 7) is 0. The van der Waals surface area contributed by atoms with E-state index in [1.54, 1.807) is 0 Å². The molecule has 2 rings (SSSR count). The molecule has 0 heterocycles. The number of hydrogen-bond acceptors (Lipinski definition) is 3. The second-order valence-electron chi connectivity index (χ2n) is 4.69. The molecule has 0 fully saturated rings. The zero-order chi connectivity index (χ0) is 18.6. The summed E-state index contributed by atoms with van der Waals surface area (Å²) >= 11 is 3.28. The van der Waals surface area contributed by atoms with E-state index in [2.05, 4.69) is 15.4 Å². The van der Waals surface area contributed by atoms with E-state index in [0.717, 1.165) is 12.1 Å². The molecule has 1 unspecified atom stereocenters. The second-order valence-corrected chi connectivity index (χ2v) is 5.77. The van der Waals surface area contributed by atoms with Gasteiger partial charge in [0.2, 0.25) is 0 Å². The van der Waals surface area contributed by atoms with Crippen molar-refractivity contribution < 1.29 is 26.7 Å². The fraction of sp³-hybridized carbons (Fsp3) is 0.0714. The molecule has 0 aliphatic carbocycles. The fourth-order valence-corrected chi connectivity index (χ4v) is 2.35. The van der Waals surface area contributed by atoms with Crippen LogP contribution in [0.25, 0.3) is 0 Å². The molecule has 2 aromatic carbocycles. The molecule has 0 radical (unpaired) electrons. The van der Waals surface area contributed by atoms with Gasteiger partial charge in [0.1, 0.15) is 0 Å². The Labute approximate surface area is 147 Å². The number of halogens is 4. The highest BCUT2D eigenvalue weighted by molar-refractivity contribution is 7.80. The summed E-state index contributed by atoms with van der Waals surface area (Å²) in [5.74, 6) is 0. The molecule has 2 aromatic rings. The first-order chi connectivity index (χ1) is 11.6. The van der Waals surface area contributed by atoms with E-state index < -0.39 is 29.0 Å². The Morgan fingerprint density at radius 1 is 1.04 bits per heavy atom. The summed E-state index contributed by atoms with van der Waals surface area (Å²) in [4.78, 5) is 11.9. The van der Waals surface area contributed by atoms with Gasteiger partial charge in [-0.05, 0) is 42.5 Å². The van der Waals surface area contributed by atoms with Crippen molar-refractivity contribution >= 4 is 46.0 Å². The van der Waals surface area contributed by atoms with Gasteiger partial charge in [-0.15, -0.1) is 0 Å². The van der Waals surface area contributed by atoms with Crippen LogP contribution < -0.4 is 15.4 Å². The minimum atomic E-state index is -4.53. The van der Waals surface area contributed by atoms with Crippen molar-refractivity contribution in [3.63, 3.8) is 0 Å². The minimum absolute atomic E-state index is 0.00667. The smallest absolute Gasteiger partial charge is 0.416 e. The normalized spacial score (nSPS) is 12.4. The van der Waals surface area contributed by atoms with Crippen LogP contribution in [0.5, 0.6) is 0 Å². The van der Waals surface area contributed by atoms with E-state index in [4.69, 9.17) is 11.6 Å². The quantitative estimate of drug-likeness (QED) is 0.680. The van der Waals surface area contributed by atoms with Gasteiger partial charge >= 0.3 is 12.2 Å². The van der Waals surface area contributed by atoms with Crippen LogP contribution in [0, 0.1) is 0 Å². The van der Waals surface area contributed by atoms with Crippen molar-refractivity contribution in [1.29, 1.82) is 0 Å². The summed E-state index contributed by atoms with van der Waals surface area (Å²) in [5, 5.41) is 4.49. The first-order valence-electron chi connectivity index (χ1n) is 6.56. The van der Waals surface area contributed by atoms with Crippen LogP contribution >= 0.6 is 11.6 Å². The Morgan fingerprint density at radius 3 is 2.16 bits per heavy atom. The zero-order valence-electron chi connectivity index (χ0n) is 12.2. The van der Waals surface area contributed by atoms with Gasteiger partial charge < -0.3 is 19.9 Å². The Balaban J connectivity index is 2.01. The summed E-state index contributed by atoms with van der Waals surface area (Å²) in [6.07, 6.45) is -4.53. The van der Waals surface area contributed by atoms with E-state index in [9.17, 15) is 26.7 Å². The van der Waals surface area contributed by atoms with Gasteiger partial charge in [0.25, 0.3) is 0 Å². The summed E-state index contributed by atoms with van der Waals surface area (Å²) < 4.78 is 60.8. The van der Waals surface area contributed by atoms with Crippen molar-refractivity contribution in [2.24, 2.45) is 0 Å². The van der Waals surface area contributed by atoms with Crippen molar-refractivity contribution in [3.8, 4) is 0 Å². The van der Waals surface area contributed by atoms with Crippen LogP contribution in [0.4, 0.5) is 35.0 Å². The predicted octanol–water partition coefficient (Wildman–Crippen LogP) is 4.21. The van der Waals surface area contributed by atoms with Gasteiger partial charge in [0, 0.05) is 22.6 Å². The molecule has 11 heteroatoms. The highest BCUT2D eigenvalue weighted by Crippen LogP contribution is 2.33. The molecule has 0 spiro atoms. The predicted molar refractivity (Wildman–Crippen MR) is 88.1 cm³/mol. The van der Waals surface area contributed by atoms with Crippen LogP contribution in [0.3, 0.4) is 0 Å². The molecule has 6 nitrogen and oxygen atoms in total. The maximum atomic E-state index is 12.6. The highest BCUT2D eigenvalue weighted by atomic mass is 35.5. The molecule has 25 heavy (non-hydrogen) atoms. The standard InChI is InChI=1S/C14H11ClF3N3O3S/c15-11-7-8(14(16,17)18)1-6-12(11)20-13(22)19-9-2-4-10(5-3-9)21-25(23)24/h1-7,21H,(H,23,24)(H2,19,20,22)/p-1. The molecule has 0 bridgehead atoms. The number of alkyl halides is 3. The number of urea groups is 1. The first kappa shape index (κ1) is 19.0. The number of benzene rings is 2. The molecular weight excluding hydrogens is 383 g/mol. The van der Waals surface area contributed by atoms with Crippen LogP contribution in [0.15, 0.2) is 42.5 Å². The van der Waals surface area contributed by atoms with Crippen molar-refractivity contribution in [3.05, 3.63) is 53.1 Å². The third-order valence-corrected chi connectivity index (χ3v) is 3.60. The molecule has 1 atom stereocenters. The Bertz CT molecular complexity index is 800. The average molecular weight is 393 g/mol. The molecule has 0 aromatic heterocycles. The number of nitrogens with one attached hydrogen (secondary N) is 3. The van der Waals surface area contributed by atoms with Crippen molar-refractivity contribution in [1.82, 2.24) is 0 Å². The van der Waals surface area contributed by atoms with Gasteiger partial charge in [-0.25, -0.2) is 4.79 Å². The van der Waals surface area contributed by atoms with Gasteiger partial charge in [0.05, 0.1) is 16.3 Å². The first-order valence-corrected chi connectivity index (χ1v) is 8.01. The Kier molecular flexibility index (Phi) is 5.88. The molecular formula is C14H10ClF3N3O3S-. The number of rotatable bonds is 4. The van der Waals surface area contributed by atoms with Crippen molar-refractivity contribution in [2.75, 3.05) is 15.4 Å². The van der Waals surface area contributed by atoms with Crippen LogP contribution in [0.2, 0.25) is 5.02 Å². The average Bonchev–Trinajstić information content (AvgIpc) is 2.49. The van der Waals surface area contributed by atoms with E-state index in [1.165, 1.54) is 24.3 Å². The summed E-state index contributed by atoms with van der Waals surface area (Å²) in [6, 6.07) is 7.52. The third kappa shape index (κ3) is 5.62. The lowest BCUT2D eigenvalue weighted by Crippen LogP contribution is -2.19. The van der Waals surface area contributed by atoms with Crippen molar-refractivity contribution in [2.45, 2.75) is 6.18 Å². The molecule has 0 aliphatic heterocycles. The summed E-state index contributed by atoms with van der Waals surface area (Å²) in [7, 11) is 0. The Hall–Kier alpha value is -2.30. The van der Waals surface area contributed by atoms with Gasteiger partial charge in [-0.3, -0.25) is 4.21 Å². The minimum Gasteiger partial charge on any atom is -0.755 e. The SMILES string of the molecule is O=C(Nc1ccc(NS(=O)[O-])cc1)Nc1ccc(C(F)(F)F)cc1Cl. The lowest BCUT2D eigenvalue weighted by atomic mass is 10.2. The lowest BCUT2D eigenvalue weighted by molar-refractivity contribution is -0.137. The molecule has 134 valence electrons. The number of hydrogen-bond donors (Lipinski definition) is 3. The maximum Gasteiger partial charge on any atom is 0.416 e. The van der Waals surface area contributed by atoms with Crippen LogP contribution in [0.1, 0.15) is 5.56 Å². The van der Waals surface area contributed by atoms with E-state index >= 15 is 0 Å². The Morgan fingerprint density at radius 2 is 1.64 bits per heavy atom. The van der Waals surface area contributed by atoms with Gasteiger partial charge in [0.15, 0.2) is 0 Å². The number of anilines is 3. The number of carbonyl (C=O) groups is 1. The maximum absolute atomic E-state index is 12.6. The lowest BCUT2D eigenvalue weighted by Gasteiger charge is -2.12. The highest BCUT2D eigenvalue weighted by Gasteiger charge is 2.30. The monoisotopic (exact) mass is 392 g/mol. The van der Waals surface area contributed by atoms with Crippen LogP contribution in [-0.2, 0) is 17.4 Å². The third-order valence-electron chi connectivity index (χ3n) is 2.89. The van der Waals surface area contributed by atoms with Crippen LogP contribution in [-0.4, -0.2) is 14.8 Å². The fourth-order valence-electron chi connectivity index (χ4n) is 1.80. The molecule has 0 aliphatic rings. The zero-order valence-corrected chi connectivity index (χ0v) is 13.8. The largest absolute Gasteiger partial charge is 0.755 e. The number of carbonyl (C=O) groups excluding carboxylic acids is 1. The molecule has 0 saturated heterocycles.